The standard InChI is InChI=1S/C11H16N4/c12-5-8(13)6-14-11-7-15-10-4-2-1-3-9(10)11/h1-4,7-8,14-15H,5-6,12-13H2. The monoisotopic (exact) mass is 204 g/mol. The summed E-state index contributed by atoms with van der Waals surface area (Å²) in [6.45, 7) is 1.19. The summed E-state index contributed by atoms with van der Waals surface area (Å²) in [5.41, 5.74) is 13.4. The van der Waals surface area contributed by atoms with E-state index in [9.17, 15) is 0 Å². The molecule has 4 heteroatoms. The Morgan fingerprint density at radius 3 is 2.93 bits per heavy atom. The molecule has 1 unspecified atom stereocenters. The van der Waals surface area contributed by atoms with E-state index in [1.807, 2.05) is 24.4 Å². The molecule has 0 amide bonds. The zero-order valence-corrected chi connectivity index (χ0v) is 8.53. The summed E-state index contributed by atoms with van der Waals surface area (Å²) < 4.78 is 0. The third-order valence-corrected chi connectivity index (χ3v) is 2.45. The van der Waals surface area contributed by atoms with Crippen molar-refractivity contribution >= 4 is 16.6 Å². The third kappa shape index (κ3) is 2.11. The number of para-hydroxylation sites is 1. The maximum absolute atomic E-state index is 5.74. The number of benzene rings is 1. The van der Waals surface area contributed by atoms with Crippen LogP contribution in [0.4, 0.5) is 5.69 Å². The number of hydrogen-bond acceptors (Lipinski definition) is 3. The van der Waals surface area contributed by atoms with Gasteiger partial charge in [0.2, 0.25) is 0 Å². The lowest BCUT2D eigenvalue weighted by Crippen LogP contribution is -2.36. The summed E-state index contributed by atoms with van der Waals surface area (Å²) in [7, 11) is 0. The molecule has 1 aromatic heterocycles. The van der Waals surface area contributed by atoms with Gasteiger partial charge in [0.15, 0.2) is 0 Å². The maximum Gasteiger partial charge on any atom is 0.0598 e. The minimum Gasteiger partial charge on any atom is -0.382 e. The Bertz CT molecular complexity index is 435. The summed E-state index contributed by atoms with van der Waals surface area (Å²) in [6.07, 6.45) is 1.95. The Kier molecular flexibility index (Phi) is 2.89. The largest absolute Gasteiger partial charge is 0.382 e. The van der Waals surface area contributed by atoms with Gasteiger partial charge >= 0.3 is 0 Å². The molecule has 0 radical (unpaired) electrons. The van der Waals surface area contributed by atoms with Crippen LogP contribution in [0.1, 0.15) is 0 Å². The summed E-state index contributed by atoms with van der Waals surface area (Å²) in [5, 5.41) is 4.46. The van der Waals surface area contributed by atoms with E-state index in [0.717, 1.165) is 11.2 Å². The zero-order valence-electron chi connectivity index (χ0n) is 8.53. The van der Waals surface area contributed by atoms with Gasteiger partial charge < -0.3 is 21.8 Å². The van der Waals surface area contributed by atoms with E-state index >= 15 is 0 Å². The molecule has 4 nitrogen and oxygen atoms in total. The normalized spacial score (nSPS) is 12.9. The Morgan fingerprint density at radius 1 is 1.33 bits per heavy atom. The Morgan fingerprint density at radius 2 is 2.13 bits per heavy atom. The molecule has 2 rings (SSSR count). The SMILES string of the molecule is NCC(N)CNc1c[nH]c2ccccc12. The second-order valence-corrected chi connectivity index (χ2v) is 3.62. The minimum atomic E-state index is -0.00124. The molecule has 0 spiro atoms. The number of aromatic amines is 1. The topological polar surface area (TPSA) is 79.9 Å². The van der Waals surface area contributed by atoms with Gasteiger partial charge in [0.1, 0.15) is 0 Å². The molecule has 1 atom stereocenters. The first-order valence-electron chi connectivity index (χ1n) is 5.07. The number of aromatic nitrogens is 1. The van der Waals surface area contributed by atoms with Crippen LogP contribution in [0, 0.1) is 0 Å². The van der Waals surface area contributed by atoms with Gasteiger partial charge in [-0.3, -0.25) is 0 Å². The fraction of sp³-hybridized carbons (Fsp3) is 0.273. The fourth-order valence-corrected chi connectivity index (χ4v) is 1.54. The van der Waals surface area contributed by atoms with E-state index in [1.165, 1.54) is 5.39 Å². The second-order valence-electron chi connectivity index (χ2n) is 3.62. The molecular weight excluding hydrogens is 188 g/mol. The lowest BCUT2D eigenvalue weighted by Gasteiger charge is -2.10. The number of H-pyrrole nitrogens is 1. The first-order chi connectivity index (χ1) is 7.31. The molecule has 2 aromatic rings. The molecule has 80 valence electrons. The van der Waals surface area contributed by atoms with Crippen LogP contribution in [0.5, 0.6) is 0 Å². The van der Waals surface area contributed by atoms with Gasteiger partial charge in [0.05, 0.1) is 5.69 Å². The fourth-order valence-electron chi connectivity index (χ4n) is 1.54. The van der Waals surface area contributed by atoms with Crippen molar-refractivity contribution in [2.45, 2.75) is 6.04 Å². The first-order valence-corrected chi connectivity index (χ1v) is 5.07. The minimum absolute atomic E-state index is 0.00124. The number of nitrogens with two attached hydrogens (primary N) is 2. The van der Waals surface area contributed by atoms with Gasteiger partial charge in [-0.2, -0.15) is 0 Å². The van der Waals surface area contributed by atoms with Crippen molar-refractivity contribution < 1.29 is 0 Å². The predicted molar refractivity (Wildman–Crippen MR) is 63.8 cm³/mol. The molecule has 0 aliphatic carbocycles. The number of rotatable bonds is 4. The molecule has 0 aliphatic heterocycles. The van der Waals surface area contributed by atoms with Gasteiger partial charge in [-0.25, -0.2) is 0 Å². The molecule has 15 heavy (non-hydrogen) atoms. The average molecular weight is 204 g/mol. The van der Waals surface area contributed by atoms with Gasteiger partial charge in [0.25, 0.3) is 0 Å². The maximum atomic E-state index is 5.74. The van der Waals surface area contributed by atoms with Gasteiger partial charge in [0, 0.05) is 36.2 Å². The molecular formula is C11H16N4. The number of hydrogen-bond donors (Lipinski definition) is 4. The Labute approximate surface area is 88.6 Å². The summed E-state index contributed by atoms with van der Waals surface area (Å²) >= 11 is 0. The Balaban J connectivity index is 2.14. The van der Waals surface area contributed by atoms with Crippen molar-refractivity contribution in [3.05, 3.63) is 30.5 Å². The highest BCUT2D eigenvalue weighted by Crippen LogP contribution is 2.21. The number of fused-ring (bicyclic) bond motifs is 1. The summed E-state index contributed by atoms with van der Waals surface area (Å²) in [4.78, 5) is 3.20. The quantitative estimate of drug-likeness (QED) is 0.596. The molecule has 0 bridgehead atoms. The molecule has 6 N–H and O–H groups in total. The molecule has 1 heterocycles. The van der Waals surface area contributed by atoms with Gasteiger partial charge in [-0.15, -0.1) is 0 Å². The molecule has 0 saturated carbocycles. The van der Waals surface area contributed by atoms with Crippen molar-refractivity contribution in [1.82, 2.24) is 4.98 Å². The van der Waals surface area contributed by atoms with Crippen molar-refractivity contribution in [1.29, 1.82) is 0 Å². The molecule has 0 saturated heterocycles. The van der Waals surface area contributed by atoms with Gasteiger partial charge in [-0.1, -0.05) is 18.2 Å². The van der Waals surface area contributed by atoms with Crippen molar-refractivity contribution in [3.8, 4) is 0 Å². The first kappa shape index (κ1) is 10.0. The van der Waals surface area contributed by atoms with E-state index in [1.54, 1.807) is 0 Å². The second kappa shape index (κ2) is 4.33. The average Bonchev–Trinajstić information content (AvgIpc) is 2.69. The van der Waals surface area contributed by atoms with Crippen LogP contribution in [0.15, 0.2) is 30.5 Å². The zero-order chi connectivity index (χ0) is 10.7. The van der Waals surface area contributed by atoms with Crippen molar-refractivity contribution in [2.24, 2.45) is 11.5 Å². The molecule has 0 aliphatic rings. The van der Waals surface area contributed by atoms with Gasteiger partial charge in [-0.05, 0) is 6.07 Å². The highest BCUT2D eigenvalue weighted by molar-refractivity contribution is 5.92. The van der Waals surface area contributed by atoms with Crippen LogP contribution in [0.2, 0.25) is 0 Å². The van der Waals surface area contributed by atoms with Crippen LogP contribution < -0.4 is 16.8 Å². The lowest BCUT2D eigenvalue weighted by atomic mass is 10.2. The predicted octanol–water partition coefficient (Wildman–Crippen LogP) is 0.866. The number of nitrogens with one attached hydrogen (secondary N) is 2. The highest BCUT2D eigenvalue weighted by atomic mass is 14.9. The van der Waals surface area contributed by atoms with E-state index in [0.29, 0.717) is 13.1 Å². The smallest absolute Gasteiger partial charge is 0.0598 e. The van der Waals surface area contributed by atoms with Crippen LogP contribution in [0.3, 0.4) is 0 Å². The van der Waals surface area contributed by atoms with E-state index in [2.05, 4.69) is 16.4 Å². The highest BCUT2D eigenvalue weighted by Gasteiger charge is 2.03. The van der Waals surface area contributed by atoms with Crippen molar-refractivity contribution in [3.63, 3.8) is 0 Å². The number of anilines is 1. The van der Waals surface area contributed by atoms with Crippen LogP contribution in [-0.2, 0) is 0 Å². The molecule has 1 aromatic carbocycles. The van der Waals surface area contributed by atoms with E-state index in [-0.39, 0.29) is 6.04 Å². The third-order valence-electron chi connectivity index (χ3n) is 2.45. The van der Waals surface area contributed by atoms with Crippen molar-refractivity contribution in [2.75, 3.05) is 18.4 Å². The molecule has 0 fully saturated rings. The van der Waals surface area contributed by atoms with Crippen LogP contribution in [-0.4, -0.2) is 24.1 Å². The van der Waals surface area contributed by atoms with Crippen LogP contribution >= 0.6 is 0 Å². The Hall–Kier alpha value is -1.52. The summed E-state index contributed by atoms with van der Waals surface area (Å²) in [6, 6.07) is 8.14. The summed E-state index contributed by atoms with van der Waals surface area (Å²) in [5.74, 6) is 0. The lowest BCUT2D eigenvalue weighted by molar-refractivity contribution is 0.714. The van der Waals surface area contributed by atoms with E-state index in [4.69, 9.17) is 11.5 Å². The van der Waals surface area contributed by atoms with E-state index < -0.39 is 0 Å². The van der Waals surface area contributed by atoms with Crippen LogP contribution in [0.25, 0.3) is 10.9 Å².